The zero-order valence-corrected chi connectivity index (χ0v) is 18.5. The van der Waals surface area contributed by atoms with Crippen molar-refractivity contribution in [3.8, 4) is 0 Å². The Morgan fingerprint density at radius 3 is 1.73 bits per heavy atom. The molecule has 4 N–H and O–H groups in total. The number of ether oxygens (including phenoxy) is 2. The van der Waals surface area contributed by atoms with Gasteiger partial charge in [-0.15, -0.1) is 0 Å². The van der Waals surface area contributed by atoms with Crippen LogP contribution in [0.25, 0.3) is 0 Å². The number of ketones is 4. The second-order valence-corrected chi connectivity index (χ2v) is 8.47. The van der Waals surface area contributed by atoms with Crippen molar-refractivity contribution in [1.29, 1.82) is 5.41 Å². The summed E-state index contributed by atoms with van der Waals surface area (Å²) >= 11 is 16.2. The molecule has 0 aliphatic rings. The van der Waals surface area contributed by atoms with Gasteiger partial charge in [0.05, 0.1) is 0 Å². The van der Waals surface area contributed by atoms with Gasteiger partial charge in [-0.2, -0.15) is 0 Å². The van der Waals surface area contributed by atoms with E-state index in [9.17, 15) is 39.3 Å². The number of rotatable bonds is 10. The lowest BCUT2D eigenvalue weighted by Crippen LogP contribution is -2.76. The Bertz CT molecular complexity index is 765. The summed E-state index contributed by atoms with van der Waals surface area (Å²) in [6.07, 6.45) is -5.05. The molecule has 0 radical (unpaired) electrons. The lowest BCUT2D eigenvalue weighted by molar-refractivity contribution is -0.225. The van der Waals surface area contributed by atoms with Gasteiger partial charge in [0.2, 0.25) is 11.5 Å². The SMILES string of the molecule is CC(=O)O[C@@](C(C)=O)(C(=O)C(C)=O)[C@](O)(C(C)=O)[C@@H](O)[C@H](O)COC(=N)C(Cl)(Cl)Cl. The van der Waals surface area contributed by atoms with Crippen LogP contribution in [0.4, 0.5) is 0 Å². The van der Waals surface area contributed by atoms with Gasteiger partial charge < -0.3 is 24.8 Å². The highest BCUT2D eigenvalue weighted by atomic mass is 35.6. The first-order valence-corrected chi connectivity index (χ1v) is 9.14. The van der Waals surface area contributed by atoms with E-state index in [1.54, 1.807) is 0 Å². The molecule has 0 saturated heterocycles. The van der Waals surface area contributed by atoms with Gasteiger partial charge in [-0.3, -0.25) is 29.4 Å². The largest absolute Gasteiger partial charge is 0.475 e. The van der Waals surface area contributed by atoms with Crippen LogP contribution in [-0.2, 0) is 33.4 Å². The number of aliphatic hydroxyl groups is 3. The van der Waals surface area contributed by atoms with Crippen LogP contribution in [0.5, 0.6) is 0 Å². The molecule has 0 unspecified atom stereocenters. The molecular formula is C16H20Cl3NO10. The molecule has 0 aliphatic carbocycles. The van der Waals surface area contributed by atoms with E-state index in [-0.39, 0.29) is 0 Å². The molecule has 4 atom stereocenters. The third kappa shape index (κ3) is 5.54. The van der Waals surface area contributed by atoms with Crippen molar-refractivity contribution in [2.45, 2.75) is 54.9 Å². The van der Waals surface area contributed by atoms with Gasteiger partial charge in [0, 0.05) is 13.8 Å². The van der Waals surface area contributed by atoms with Gasteiger partial charge in [-0.05, 0) is 13.8 Å². The number of aliphatic hydroxyl groups excluding tert-OH is 2. The zero-order valence-electron chi connectivity index (χ0n) is 16.2. The Balaban J connectivity index is 6.51. The van der Waals surface area contributed by atoms with Gasteiger partial charge in [-0.25, -0.2) is 0 Å². The highest BCUT2D eigenvalue weighted by Crippen LogP contribution is 2.36. The first-order chi connectivity index (χ1) is 13.4. The van der Waals surface area contributed by atoms with Crippen molar-refractivity contribution in [3.05, 3.63) is 0 Å². The van der Waals surface area contributed by atoms with Crippen LogP contribution >= 0.6 is 34.8 Å². The molecule has 0 aliphatic heterocycles. The molecule has 0 heterocycles. The quantitative estimate of drug-likeness (QED) is 0.0768. The summed E-state index contributed by atoms with van der Waals surface area (Å²) in [4.78, 5) is 60.5. The number of hydrogen-bond acceptors (Lipinski definition) is 11. The topological polar surface area (TPSA) is 188 Å². The minimum absolute atomic E-state index is 0.606. The maximum Gasteiger partial charge on any atom is 0.304 e. The molecule has 0 aromatic heterocycles. The monoisotopic (exact) mass is 491 g/mol. The maximum absolute atomic E-state index is 12.5. The van der Waals surface area contributed by atoms with Crippen LogP contribution in [0.15, 0.2) is 0 Å². The van der Waals surface area contributed by atoms with Crippen LogP contribution in [0.3, 0.4) is 0 Å². The van der Waals surface area contributed by atoms with Crippen LogP contribution in [0, 0.1) is 5.41 Å². The van der Waals surface area contributed by atoms with E-state index >= 15 is 0 Å². The fourth-order valence-corrected chi connectivity index (χ4v) is 2.71. The number of carbonyl (C=O) groups excluding carboxylic acids is 5. The molecule has 0 saturated carbocycles. The van der Waals surface area contributed by atoms with E-state index in [0.717, 1.165) is 0 Å². The first kappa shape index (κ1) is 28.4. The van der Waals surface area contributed by atoms with E-state index in [1.165, 1.54) is 0 Å². The van der Waals surface area contributed by atoms with E-state index in [2.05, 4.69) is 9.47 Å². The van der Waals surface area contributed by atoms with Crippen molar-refractivity contribution in [3.63, 3.8) is 0 Å². The summed E-state index contributed by atoms with van der Waals surface area (Å²) in [5.74, 6) is -8.61. The van der Waals surface area contributed by atoms with Crippen molar-refractivity contribution >= 4 is 69.8 Å². The predicted molar refractivity (Wildman–Crippen MR) is 102 cm³/mol. The molecule has 0 spiro atoms. The number of halogens is 3. The smallest absolute Gasteiger partial charge is 0.304 e. The number of Topliss-reactive ketones (excluding diaryl/α,β-unsaturated/α-hetero) is 4. The Hall–Kier alpha value is -1.63. The van der Waals surface area contributed by atoms with Gasteiger partial charge in [-0.1, -0.05) is 34.8 Å². The van der Waals surface area contributed by atoms with E-state index < -0.39 is 68.8 Å². The molecule has 30 heavy (non-hydrogen) atoms. The van der Waals surface area contributed by atoms with Crippen molar-refractivity contribution in [2.75, 3.05) is 6.61 Å². The van der Waals surface area contributed by atoms with Crippen molar-refractivity contribution in [1.82, 2.24) is 0 Å². The number of nitrogens with one attached hydrogen (secondary N) is 1. The number of carbonyl (C=O) groups is 5. The Morgan fingerprint density at radius 1 is 0.967 bits per heavy atom. The standard InChI is InChI=1S/C16H20Cl3NO10/c1-6(21)11(26)15(8(3)23,30-9(4)24)14(28,7(2)22)12(27)10(25)5-29-13(20)16(17,18)19/h10,12,20,25,27-28H,5H2,1-4H3/t10-,12+,14+,15+/m1/s1. The van der Waals surface area contributed by atoms with Gasteiger partial charge >= 0.3 is 5.97 Å². The Labute approximate surface area is 185 Å². The lowest BCUT2D eigenvalue weighted by atomic mass is 9.69. The molecule has 11 nitrogen and oxygen atoms in total. The summed E-state index contributed by atoms with van der Waals surface area (Å²) < 4.78 is 6.94. The molecule has 14 heteroatoms. The lowest BCUT2D eigenvalue weighted by Gasteiger charge is -2.44. The summed E-state index contributed by atoms with van der Waals surface area (Å²) in [7, 11) is 0. The Kier molecular flexibility index (Phi) is 9.57. The summed E-state index contributed by atoms with van der Waals surface area (Å²) in [6.45, 7) is 1.52. The second-order valence-electron chi connectivity index (χ2n) is 6.19. The first-order valence-electron chi connectivity index (χ1n) is 8.01. The van der Waals surface area contributed by atoms with Crippen molar-refractivity contribution < 1.29 is 48.8 Å². The van der Waals surface area contributed by atoms with Crippen molar-refractivity contribution in [2.24, 2.45) is 0 Å². The summed E-state index contributed by atoms with van der Waals surface area (Å²) in [5, 5.41) is 39.0. The molecular weight excluding hydrogens is 473 g/mol. The average Bonchev–Trinajstić information content (AvgIpc) is 2.60. The highest BCUT2D eigenvalue weighted by Gasteiger charge is 2.70. The number of hydrogen-bond donors (Lipinski definition) is 4. The van der Waals surface area contributed by atoms with Crippen LogP contribution in [0.1, 0.15) is 27.7 Å². The fourth-order valence-electron chi connectivity index (χ4n) is 2.55. The normalized spacial score (nSPS) is 17.5. The predicted octanol–water partition coefficient (Wildman–Crippen LogP) is -0.559. The third-order valence-electron chi connectivity index (χ3n) is 3.95. The van der Waals surface area contributed by atoms with Crippen LogP contribution in [0.2, 0.25) is 0 Å². The average molecular weight is 493 g/mol. The zero-order chi connectivity index (χ0) is 24.2. The fraction of sp³-hybridized carbons (Fsp3) is 0.625. The number of esters is 1. The van der Waals surface area contributed by atoms with Gasteiger partial charge in [0.25, 0.3) is 15.2 Å². The molecule has 170 valence electrons. The number of alkyl halides is 3. The molecule has 0 aromatic carbocycles. The summed E-state index contributed by atoms with van der Waals surface area (Å²) in [6, 6.07) is 0. The summed E-state index contributed by atoms with van der Waals surface area (Å²) in [5.41, 5.74) is -7.14. The maximum atomic E-state index is 12.5. The molecule has 0 amide bonds. The molecule has 0 aromatic rings. The van der Waals surface area contributed by atoms with Gasteiger partial charge in [0.1, 0.15) is 18.8 Å². The third-order valence-corrected chi connectivity index (χ3v) is 4.47. The molecule has 0 bridgehead atoms. The van der Waals surface area contributed by atoms with E-state index in [1.807, 2.05) is 0 Å². The minimum atomic E-state index is -3.63. The molecule has 0 rings (SSSR count). The van der Waals surface area contributed by atoms with Crippen LogP contribution in [-0.4, -0.2) is 84.1 Å². The van der Waals surface area contributed by atoms with E-state index in [0.29, 0.717) is 27.7 Å². The van der Waals surface area contributed by atoms with Crippen LogP contribution < -0.4 is 0 Å². The minimum Gasteiger partial charge on any atom is -0.475 e. The van der Waals surface area contributed by atoms with E-state index in [4.69, 9.17) is 40.2 Å². The second kappa shape index (κ2) is 10.1. The highest BCUT2D eigenvalue weighted by molar-refractivity contribution is 6.76. The van der Waals surface area contributed by atoms with Gasteiger partial charge in [0.15, 0.2) is 17.3 Å². The molecule has 0 fully saturated rings. The Morgan fingerprint density at radius 2 is 1.43 bits per heavy atom.